The first-order valence-electron chi connectivity index (χ1n) is 8.31. The van der Waals surface area contributed by atoms with Crippen LogP contribution in [0.4, 0.5) is 0 Å². The number of benzene rings is 1. The van der Waals surface area contributed by atoms with Crippen LogP contribution in [0.5, 0.6) is 0 Å². The van der Waals surface area contributed by atoms with Crippen molar-refractivity contribution in [2.24, 2.45) is 5.92 Å². The van der Waals surface area contributed by atoms with E-state index in [-0.39, 0.29) is 29.9 Å². The van der Waals surface area contributed by atoms with Crippen LogP contribution in [0, 0.1) is 12.8 Å². The number of aliphatic carboxylic acids is 1. The maximum atomic E-state index is 13.0. The lowest BCUT2D eigenvalue weighted by Gasteiger charge is -2.25. The Morgan fingerprint density at radius 1 is 1.36 bits per heavy atom. The number of nitrogens with zero attached hydrogens (tertiary/aromatic N) is 1. The van der Waals surface area contributed by atoms with E-state index in [1.807, 2.05) is 0 Å². The first-order chi connectivity index (χ1) is 11.7. The fourth-order valence-electron chi connectivity index (χ4n) is 2.58. The Morgan fingerprint density at radius 2 is 2.00 bits per heavy atom. The smallest absolute Gasteiger partial charge is 0.308 e. The fourth-order valence-corrected chi connectivity index (χ4v) is 3.65. The number of carbonyl (C=O) groups excluding carboxylic acids is 1. The molecule has 0 aromatic heterocycles. The van der Waals surface area contributed by atoms with Gasteiger partial charge in [0.1, 0.15) is 0 Å². The number of hydrogen-bond acceptors (Lipinski definition) is 4. The number of carboxylic acids is 1. The van der Waals surface area contributed by atoms with E-state index in [4.69, 9.17) is 5.11 Å². The van der Waals surface area contributed by atoms with Crippen molar-refractivity contribution in [2.75, 3.05) is 13.1 Å². The Hall–Kier alpha value is -1.93. The molecule has 25 heavy (non-hydrogen) atoms. The van der Waals surface area contributed by atoms with E-state index in [0.717, 1.165) is 12.8 Å². The van der Waals surface area contributed by atoms with Crippen molar-refractivity contribution in [2.45, 2.75) is 44.6 Å². The van der Waals surface area contributed by atoms with Gasteiger partial charge in [0.2, 0.25) is 10.0 Å². The molecule has 0 heterocycles. The van der Waals surface area contributed by atoms with E-state index in [1.54, 1.807) is 31.7 Å². The minimum atomic E-state index is -3.66. The summed E-state index contributed by atoms with van der Waals surface area (Å²) < 4.78 is 26.8. The molecule has 1 amide bonds. The lowest BCUT2D eigenvalue weighted by atomic mass is 10.1. The first kappa shape index (κ1) is 19.4. The van der Waals surface area contributed by atoms with E-state index in [0.29, 0.717) is 11.1 Å². The Morgan fingerprint density at radius 3 is 2.52 bits per heavy atom. The average Bonchev–Trinajstić information content (AvgIpc) is 3.36. The van der Waals surface area contributed by atoms with Crippen LogP contribution in [0.25, 0.3) is 0 Å². The van der Waals surface area contributed by atoms with Gasteiger partial charge in [-0.05, 0) is 37.5 Å². The van der Waals surface area contributed by atoms with Crippen molar-refractivity contribution < 1.29 is 23.1 Å². The second-order valence-electron chi connectivity index (χ2n) is 6.41. The van der Waals surface area contributed by atoms with Crippen molar-refractivity contribution in [3.05, 3.63) is 29.3 Å². The van der Waals surface area contributed by atoms with Crippen molar-refractivity contribution in [1.82, 2.24) is 9.62 Å². The molecular weight excluding hydrogens is 344 g/mol. The predicted molar refractivity (Wildman–Crippen MR) is 92.9 cm³/mol. The van der Waals surface area contributed by atoms with E-state index < -0.39 is 21.9 Å². The monoisotopic (exact) mass is 368 g/mol. The van der Waals surface area contributed by atoms with Gasteiger partial charge in [-0.15, -0.1) is 0 Å². The SMILES string of the molecule is CCNS(=O)(=O)c1ccc(C)c(C(=O)N(CC(C)C(=O)O)C2CC2)c1. The lowest BCUT2D eigenvalue weighted by molar-refractivity contribution is -0.141. The highest BCUT2D eigenvalue weighted by molar-refractivity contribution is 7.89. The molecule has 1 atom stereocenters. The van der Waals surface area contributed by atoms with Crippen LogP contribution in [-0.4, -0.2) is 49.4 Å². The largest absolute Gasteiger partial charge is 0.481 e. The van der Waals surface area contributed by atoms with E-state index in [1.165, 1.54) is 12.1 Å². The van der Waals surface area contributed by atoms with Crippen molar-refractivity contribution in [3.8, 4) is 0 Å². The van der Waals surface area contributed by atoms with Crippen LogP contribution < -0.4 is 4.72 Å². The zero-order valence-electron chi connectivity index (χ0n) is 14.7. The average molecular weight is 368 g/mol. The predicted octanol–water partition coefficient (Wildman–Crippen LogP) is 1.62. The molecule has 0 radical (unpaired) electrons. The third-order valence-electron chi connectivity index (χ3n) is 4.22. The quantitative estimate of drug-likeness (QED) is 0.726. The highest BCUT2D eigenvalue weighted by atomic mass is 32.2. The van der Waals surface area contributed by atoms with Gasteiger partial charge in [0.25, 0.3) is 5.91 Å². The van der Waals surface area contributed by atoms with Gasteiger partial charge >= 0.3 is 5.97 Å². The molecule has 7 nitrogen and oxygen atoms in total. The van der Waals surface area contributed by atoms with Crippen molar-refractivity contribution in [1.29, 1.82) is 0 Å². The number of carboxylic acid groups (broad SMARTS) is 1. The summed E-state index contributed by atoms with van der Waals surface area (Å²) in [6.45, 7) is 5.35. The van der Waals surface area contributed by atoms with E-state index in [9.17, 15) is 18.0 Å². The molecule has 138 valence electrons. The maximum absolute atomic E-state index is 13.0. The zero-order valence-corrected chi connectivity index (χ0v) is 15.5. The Labute approximate surface area is 148 Å². The van der Waals surface area contributed by atoms with Crippen LogP contribution in [0.3, 0.4) is 0 Å². The molecule has 2 N–H and O–H groups in total. The van der Waals surface area contributed by atoms with Crippen LogP contribution in [0.2, 0.25) is 0 Å². The normalized spacial score (nSPS) is 15.6. The summed E-state index contributed by atoms with van der Waals surface area (Å²) in [5, 5.41) is 9.12. The summed E-state index contributed by atoms with van der Waals surface area (Å²) in [6.07, 6.45) is 1.68. The molecule has 1 fully saturated rings. The molecule has 1 aliphatic rings. The molecule has 0 aliphatic heterocycles. The van der Waals surface area contributed by atoms with Gasteiger partial charge in [0.15, 0.2) is 0 Å². The number of rotatable bonds is 8. The third kappa shape index (κ3) is 4.58. The summed E-state index contributed by atoms with van der Waals surface area (Å²) >= 11 is 0. The molecule has 8 heteroatoms. The van der Waals surface area contributed by atoms with Gasteiger partial charge in [0, 0.05) is 24.7 Å². The molecule has 1 unspecified atom stereocenters. The summed E-state index contributed by atoms with van der Waals surface area (Å²) in [4.78, 5) is 25.7. The zero-order chi connectivity index (χ0) is 18.8. The number of hydrogen-bond donors (Lipinski definition) is 2. The number of sulfonamides is 1. The van der Waals surface area contributed by atoms with Gasteiger partial charge < -0.3 is 10.0 Å². The minimum absolute atomic E-state index is 0.0303. The summed E-state index contributed by atoms with van der Waals surface area (Å²) in [7, 11) is -3.66. The highest BCUT2D eigenvalue weighted by Crippen LogP contribution is 2.30. The van der Waals surface area contributed by atoms with Crippen LogP contribution >= 0.6 is 0 Å². The van der Waals surface area contributed by atoms with Crippen LogP contribution in [-0.2, 0) is 14.8 Å². The van der Waals surface area contributed by atoms with E-state index in [2.05, 4.69) is 4.72 Å². The lowest BCUT2D eigenvalue weighted by Crippen LogP contribution is -2.39. The topological polar surface area (TPSA) is 104 Å². The summed E-state index contributed by atoms with van der Waals surface area (Å²) in [6, 6.07) is 4.47. The molecule has 2 rings (SSSR count). The molecular formula is C17H24N2O5S. The minimum Gasteiger partial charge on any atom is -0.481 e. The third-order valence-corrected chi connectivity index (χ3v) is 5.77. The Kier molecular flexibility index (Phi) is 5.84. The van der Waals surface area contributed by atoms with Gasteiger partial charge in [-0.2, -0.15) is 0 Å². The molecule has 0 saturated heterocycles. The van der Waals surface area contributed by atoms with Gasteiger partial charge in [-0.25, -0.2) is 13.1 Å². The number of carbonyl (C=O) groups is 2. The molecule has 1 aromatic rings. The van der Waals surface area contributed by atoms with Crippen LogP contribution in [0.1, 0.15) is 42.6 Å². The number of aryl methyl sites for hydroxylation is 1. The molecule has 1 aliphatic carbocycles. The fraction of sp³-hybridized carbons (Fsp3) is 0.529. The maximum Gasteiger partial charge on any atom is 0.308 e. The summed E-state index contributed by atoms with van der Waals surface area (Å²) in [5.74, 6) is -1.96. The number of nitrogens with one attached hydrogen (secondary N) is 1. The Bertz CT molecular complexity index is 771. The molecule has 1 aromatic carbocycles. The van der Waals surface area contributed by atoms with Crippen molar-refractivity contribution >= 4 is 21.9 Å². The summed E-state index contributed by atoms with van der Waals surface area (Å²) in [5.41, 5.74) is 0.956. The molecule has 1 saturated carbocycles. The van der Waals surface area contributed by atoms with Crippen LogP contribution in [0.15, 0.2) is 23.1 Å². The second-order valence-corrected chi connectivity index (χ2v) is 8.17. The van der Waals surface area contributed by atoms with E-state index >= 15 is 0 Å². The Balaban J connectivity index is 2.35. The standard InChI is InChI=1S/C17H24N2O5S/c1-4-18-25(23,24)14-8-5-11(2)15(9-14)16(20)19(13-6-7-13)10-12(3)17(21)22/h5,8-9,12-13,18H,4,6-7,10H2,1-3H3,(H,21,22). The van der Waals surface area contributed by atoms with Gasteiger partial charge in [-0.3, -0.25) is 9.59 Å². The molecule has 0 bridgehead atoms. The second kappa shape index (κ2) is 7.53. The highest BCUT2D eigenvalue weighted by Gasteiger charge is 2.35. The van der Waals surface area contributed by atoms with Crippen molar-refractivity contribution in [3.63, 3.8) is 0 Å². The van der Waals surface area contributed by atoms with Gasteiger partial charge in [0.05, 0.1) is 10.8 Å². The number of amides is 1. The first-order valence-corrected chi connectivity index (χ1v) is 9.79. The van der Waals surface area contributed by atoms with Gasteiger partial charge in [-0.1, -0.05) is 19.9 Å². The molecule has 0 spiro atoms.